The molecule has 2 heterocycles. The van der Waals surface area contributed by atoms with E-state index >= 15 is 0 Å². The molecule has 0 saturated carbocycles. The monoisotopic (exact) mass is 468 g/mol. The van der Waals surface area contributed by atoms with E-state index in [1.54, 1.807) is 25.3 Å². The number of benzene rings is 2. The van der Waals surface area contributed by atoms with Crippen molar-refractivity contribution in [1.82, 2.24) is 15.0 Å². The van der Waals surface area contributed by atoms with Crippen LogP contribution in [0.1, 0.15) is 37.7 Å². The third-order valence-electron chi connectivity index (χ3n) is 7.56. The number of aromatic nitrogens is 3. The number of aromatic hydroxyl groups is 1. The van der Waals surface area contributed by atoms with Crippen LogP contribution in [0.25, 0.3) is 10.8 Å². The molecular weight excluding hydrogens is 433 g/mol. The summed E-state index contributed by atoms with van der Waals surface area (Å²) in [6.07, 6.45) is 1.65. The van der Waals surface area contributed by atoms with Crippen LogP contribution in [0, 0.1) is 5.82 Å². The van der Waals surface area contributed by atoms with Crippen molar-refractivity contribution in [2.75, 3.05) is 39.2 Å². The van der Waals surface area contributed by atoms with E-state index in [0.29, 0.717) is 54.7 Å². The number of rotatable bonds is 6. The number of hydrogen-bond donors (Lipinski definition) is 1. The second-order valence-electron chi connectivity index (χ2n) is 9.85. The molecule has 34 heavy (non-hydrogen) atoms. The van der Waals surface area contributed by atoms with Gasteiger partial charge in [0.2, 0.25) is 5.95 Å². The lowest BCUT2D eigenvalue weighted by Crippen LogP contribution is -2.65. The van der Waals surface area contributed by atoms with E-state index in [2.05, 4.69) is 42.8 Å². The van der Waals surface area contributed by atoms with Gasteiger partial charge in [-0.3, -0.25) is 0 Å². The Balaban J connectivity index is 1.65. The number of phenols is 1. The molecule has 0 spiro atoms. The van der Waals surface area contributed by atoms with Crippen molar-refractivity contribution in [3.8, 4) is 11.8 Å². The maximum Gasteiger partial charge on any atom is 0.321 e. The van der Waals surface area contributed by atoms with Gasteiger partial charge in [0.05, 0.1) is 34.3 Å². The fourth-order valence-electron chi connectivity index (χ4n) is 4.84. The number of anilines is 1. The first-order valence-corrected chi connectivity index (χ1v) is 11.9. The number of phenolic OH excluding ortho intramolecular Hbond substituents is 1. The van der Waals surface area contributed by atoms with Gasteiger partial charge in [-0.25, -0.2) is 4.39 Å². The largest absolute Gasteiger partial charge is 0.508 e. The Morgan fingerprint density at radius 3 is 2.44 bits per heavy atom. The number of quaternary nitrogens is 1. The molecule has 0 bridgehead atoms. The van der Waals surface area contributed by atoms with E-state index in [4.69, 9.17) is 9.72 Å². The van der Waals surface area contributed by atoms with Crippen LogP contribution in [0.5, 0.6) is 11.8 Å². The van der Waals surface area contributed by atoms with Crippen LogP contribution < -0.4 is 9.64 Å². The molecule has 8 heteroatoms. The summed E-state index contributed by atoms with van der Waals surface area (Å²) in [6.45, 7) is 8.14. The predicted molar refractivity (Wildman–Crippen MR) is 132 cm³/mol. The number of piperazine rings is 1. The molecule has 1 fully saturated rings. The fraction of sp³-hybridized carbons (Fsp3) is 0.500. The third-order valence-corrected chi connectivity index (χ3v) is 7.56. The number of methoxy groups -OCH3 is 1. The Morgan fingerprint density at radius 2 is 1.79 bits per heavy atom. The standard InChI is InChI=1S/C26H34FN5O2/c1-7-21-22(27)10-8-18-12-20(33)13-19(24(18)21)9-11-23-28-25(30-26(29-23)34-6)31-14-16(2)32(4,5)17(3)15-31/h8,10,12-13,16-17H,7,9,11,14-15H2,1-6H3/p+1. The summed E-state index contributed by atoms with van der Waals surface area (Å²) in [7, 11) is 6.08. The molecule has 1 saturated heterocycles. The molecule has 1 aliphatic heterocycles. The number of aryl methyl sites for hydroxylation is 3. The molecule has 182 valence electrons. The van der Waals surface area contributed by atoms with Gasteiger partial charge in [-0.1, -0.05) is 13.0 Å². The highest BCUT2D eigenvalue weighted by Gasteiger charge is 2.39. The van der Waals surface area contributed by atoms with Crippen LogP contribution in [-0.4, -0.2) is 70.9 Å². The van der Waals surface area contributed by atoms with Crippen LogP contribution in [0.3, 0.4) is 0 Å². The molecule has 1 aliphatic rings. The van der Waals surface area contributed by atoms with Gasteiger partial charge in [0.1, 0.15) is 29.5 Å². The van der Waals surface area contributed by atoms with E-state index in [9.17, 15) is 9.50 Å². The zero-order chi connectivity index (χ0) is 24.6. The van der Waals surface area contributed by atoms with Gasteiger partial charge >= 0.3 is 6.01 Å². The van der Waals surface area contributed by atoms with Crippen LogP contribution in [0.15, 0.2) is 24.3 Å². The normalized spacial score (nSPS) is 20.0. The first-order chi connectivity index (χ1) is 16.1. The second kappa shape index (κ2) is 9.33. The lowest BCUT2D eigenvalue weighted by molar-refractivity contribution is -0.935. The van der Waals surface area contributed by atoms with E-state index in [0.717, 1.165) is 33.9 Å². The van der Waals surface area contributed by atoms with E-state index in [1.807, 2.05) is 6.92 Å². The lowest BCUT2D eigenvalue weighted by atomic mass is 9.94. The van der Waals surface area contributed by atoms with Crippen molar-refractivity contribution in [3.63, 3.8) is 0 Å². The van der Waals surface area contributed by atoms with Gasteiger partial charge in [0.15, 0.2) is 0 Å². The minimum Gasteiger partial charge on any atom is -0.508 e. The Bertz CT molecular complexity index is 1190. The van der Waals surface area contributed by atoms with Gasteiger partial charge in [-0.15, -0.1) is 0 Å². The summed E-state index contributed by atoms with van der Waals surface area (Å²) in [5.74, 6) is 1.19. The summed E-state index contributed by atoms with van der Waals surface area (Å²) in [6, 6.07) is 7.73. The van der Waals surface area contributed by atoms with Crippen molar-refractivity contribution in [2.45, 2.75) is 52.1 Å². The van der Waals surface area contributed by atoms with Gasteiger partial charge in [0.25, 0.3) is 0 Å². The fourth-order valence-corrected chi connectivity index (χ4v) is 4.84. The Kier molecular flexibility index (Phi) is 6.62. The number of likely N-dealkylation sites (N-methyl/N-ethyl adjacent to an activating group) is 1. The molecule has 1 aromatic heterocycles. The van der Waals surface area contributed by atoms with E-state index in [1.165, 1.54) is 6.07 Å². The zero-order valence-corrected chi connectivity index (χ0v) is 21.0. The molecule has 0 amide bonds. The maximum atomic E-state index is 14.5. The molecule has 2 aromatic carbocycles. The molecule has 3 aromatic rings. The smallest absolute Gasteiger partial charge is 0.321 e. The van der Waals surface area contributed by atoms with Crippen molar-refractivity contribution in [3.05, 3.63) is 47.0 Å². The number of hydrogen-bond acceptors (Lipinski definition) is 6. The highest BCUT2D eigenvalue weighted by atomic mass is 19.1. The highest BCUT2D eigenvalue weighted by Crippen LogP contribution is 2.31. The van der Waals surface area contributed by atoms with Gasteiger partial charge in [-0.2, -0.15) is 15.0 Å². The Hall–Kier alpha value is -3.00. The third kappa shape index (κ3) is 4.51. The summed E-state index contributed by atoms with van der Waals surface area (Å²) in [4.78, 5) is 16.0. The van der Waals surface area contributed by atoms with Crippen LogP contribution >= 0.6 is 0 Å². The zero-order valence-electron chi connectivity index (χ0n) is 21.0. The first kappa shape index (κ1) is 24.1. The van der Waals surface area contributed by atoms with Gasteiger partial charge in [0, 0.05) is 6.42 Å². The van der Waals surface area contributed by atoms with Crippen molar-refractivity contribution in [1.29, 1.82) is 0 Å². The molecule has 0 radical (unpaired) electrons. The summed E-state index contributed by atoms with van der Waals surface area (Å²) in [5, 5.41) is 12.0. The predicted octanol–water partition coefficient (Wildman–Crippen LogP) is 3.90. The molecule has 7 nitrogen and oxygen atoms in total. The highest BCUT2D eigenvalue weighted by molar-refractivity contribution is 5.90. The SMILES string of the molecule is CCc1c(F)ccc2cc(O)cc(CCc3nc(OC)nc(N4CC(C)[N+](C)(C)C(C)C4)n3)c12. The molecular formula is C26H35FN5O2+. The molecule has 4 rings (SSSR count). The van der Waals surface area contributed by atoms with E-state index in [-0.39, 0.29) is 11.6 Å². The Morgan fingerprint density at radius 1 is 1.09 bits per heavy atom. The minimum atomic E-state index is -0.222. The summed E-state index contributed by atoms with van der Waals surface area (Å²) < 4.78 is 20.9. The second-order valence-corrected chi connectivity index (χ2v) is 9.85. The Labute approximate surface area is 200 Å². The molecule has 2 unspecified atom stereocenters. The number of nitrogens with zero attached hydrogens (tertiary/aromatic N) is 5. The lowest BCUT2D eigenvalue weighted by Gasteiger charge is -2.48. The number of halogens is 1. The van der Waals surface area contributed by atoms with Gasteiger partial charge in [-0.05, 0) is 66.8 Å². The number of ether oxygens (including phenoxy) is 1. The van der Waals surface area contributed by atoms with Gasteiger partial charge < -0.3 is 19.2 Å². The van der Waals surface area contributed by atoms with Crippen LogP contribution in [-0.2, 0) is 19.3 Å². The quantitative estimate of drug-likeness (QED) is 0.554. The molecule has 1 N–H and O–H groups in total. The van der Waals surface area contributed by atoms with Crippen molar-refractivity contribution in [2.24, 2.45) is 0 Å². The molecule has 2 atom stereocenters. The summed E-state index contributed by atoms with van der Waals surface area (Å²) in [5.41, 5.74) is 1.55. The van der Waals surface area contributed by atoms with Crippen LogP contribution in [0.4, 0.5) is 10.3 Å². The summed E-state index contributed by atoms with van der Waals surface area (Å²) >= 11 is 0. The topological polar surface area (TPSA) is 71.4 Å². The van der Waals surface area contributed by atoms with Crippen molar-refractivity contribution < 1.29 is 18.7 Å². The maximum absolute atomic E-state index is 14.5. The average Bonchev–Trinajstić information content (AvgIpc) is 2.80. The van der Waals surface area contributed by atoms with Crippen molar-refractivity contribution >= 4 is 16.7 Å². The number of fused-ring (bicyclic) bond motifs is 1. The minimum absolute atomic E-state index is 0.169. The average molecular weight is 469 g/mol. The molecule has 0 aliphatic carbocycles. The first-order valence-electron chi connectivity index (χ1n) is 11.9. The van der Waals surface area contributed by atoms with E-state index < -0.39 is 0 Å². The van der Waals surface area contributed by atoms with Crippen LogP contribution in [0.2, 0.25) is 0 Å².